The van der Waals surface area contributed by atoms with Crippen molar-refractivity contribution in [3.8, 4) is 0 Å². The van der Waals surface area contributed by atoms with Gasteiger partial charge in [-0.05, 0) is 19.8 Å². The number of ether oxygens (including phenoxy) is 1. The zero-order valence-corrected chi connectivity index (χ0v) is 14.0. The Kier molecular flexibility index (Phi) is 6.10. The van der Waals surface area contributed by atoms with E-state index in [1.165, 1.54) is 6.21 Å². The van der Waals surface area contributed by atoms with Crippen LogP contribution in [0.4, 0.5) is 5.69 Å². The molecule has 2 N–H and O–H groups in total. The minimum absolute atomic E-state index is 0.0622. The zero-order chi connectivity index (χ0) is 18.5. The molecule has 0 saturated heterocycles. The molecule has 1 aromatic rings. The zero-order valence-electron chi connectivity index (χ0n) is 14.0. The number of carbonyl (C=O) groups is 2. The molecule has 0 aliphatic carbocycles. The molecule has 9 heteroatoms. The Morgan fingerprint density at radius 1 is 1.54 bits per heavy atom. The van der Waals surface area contributed by atoms with Crippen molar-refractivity contribution in [2.24, 2.45) is 16.6 Å². The van der Waals surface area contributed by atoms with Crippen molar-refractivity contribution in [2.45, 2.75) is 33.2 Å². The van der Waals surface area contributed by atoms with Crippen LogP contribution in [0.15, 0.2) is 17.3 Å². The number of nitrogens with zero attached hydrogens (tertiary/aromatic N) is 3. The average Bonchev–Trinajstić information content (AvgIpc) is 2.51. The van der Waals surface area contributed by atoms with Crippen molar-refractivity contribution in [3.05, 3.63) is 33.6 Å². The summed E-state index contributed by atoms with van der Waals surface area (Å²) in [7, 11) is 0. The number of pyridine rings is 1. The highest BCUT2D eigenvalue weighted by Gasteiger charge is 2.34. The number of aliphatic imine (C=N–C) groups is 1. The summed E-state index contributed by atoms with van der Waals surface area (Å²) in [5.74, 6) is -1.59. The van der Waals surface area contributed by atoms with E-state index in [0.29, 0.717) is 0 Å². The number of carbonyl (C=O) groups excluding carboxylic acids is 2. The van der Waals surface area contributed by atoms with E-state index in [-0.39, 0.29) is 29.5 Å². The molecule has 1 aromatic heterocycles. The van der Waals surface area contributed by atoms with Gasteiger partial charge in [-0.3, -0.25) is 19.9 Å². The van der Waals surface area contributed by atoms with Gasteiger partial charge in [-0.25, -0.2) is 9.78 Å². The normalized spacial score (nSPS) is 13.7. The second-order valence-corrected chi connectivity index (χ2v) is 5.53. The van der Waals surface area contributed by atoms with Crippen LogP contribution in [0.1, 0.15) is 43.7 Å². The van der Waals surface area contributed by atoms with Crippen LogP contribution < -0.4 is 5.73 Å². The van der Waals surface area contributed by atoms with Gasteiger partial charge < -0.3 is 10.5 Å². The Labute approximate surface area is 139 Å². The fraction of sp³-hybridized carbons (Fsp3) is 0.467. The van der Waals surface area contributed by atoms with Crippen molar-refractivity contribution in [1.82, 2.24) is 4.98 Å². The van der Waals surface area contributed by atoms with Crippen LogP contribution in [0.3, 0.4) is 0 Å². The number of aromatic nitrogens is 1. The first-order chi connectivity index (χ1) is 11.1. The molecule has 1 rings (SSSR count). The van der Waals surface area contributed by atoms with E-state index >= 15 is 0 Å². The predicted molar refractivity (Wildman–Crippen MR) is 86.9 cm³/mol. The molecule has 0 aliphatic heterocycles. The average molecular weight is 336 g/mol. The minimum atomic E-state index is -1.20. The minimum Gasteiger partial charge on any atom is -0.462 e. The molecule has 0 fully saturated rings. The molecule has 9 nitrogen and oxygen atoms in total. The lowest BCUT2D eigenvalue weighted by molar-refractivity contribution is -0.385. The molecule has 1 unspecified atom stereocenters. The smallest absolute Gasteiger partial charge is 0.340 e. The molecule has 1 heterocycles. The Morgan fingerprint density at radius 3 is 2.62 bits per heavy atom. The van der Waals surface area contributed by atoms with Gasteiger partial charge >= 0.3 is 5.97 Å². The monoisotopic (exact) mass is 336 g/mol. The number of primary amides is 1. The molecule has 0 bridgehead atoms. The highest BCUT2D eigenvalue weighted by molar-refractivity contribution is 5.99. The molecule has 0 spiro atoms. The molecule has 130 valence electrons. The van der Waals surface area contributed by atoms with Crippen molar-refractivity contribution >= 4 is 23.8 Å². The topological polar surface area (TPSA) is 138 Å². The largest absolute Gasteiger partial charge is 0.462 e. The van der Waals surface area contributed by atoms with Crippen LogP contribution in [0.2, 0.25) is 0 Å². The molecule has 24 heavy (non-hydrogen) atoms. The Bertz CT molecular complexity index is 686. The lowest BCUT2D eigenvalue weighted by Gasteiger charge is -2.25. The van der Waals surface area contributed by atoms with E-state index in [4.69, 9.17) is 10.5 Å². The molecule has 0 saturated carbocycles. The van der Waals surface area contributed by atoms with Gasteiger partial charge in [0.1, 0.15) is 11.7 Å². The lowest BCUT2D eigenvalue weighted by Crippen LogP contribution is -2.44. The van der Waals surface area contributed by atoms with Crippen molar-refractivity contribution in [3.63, 3.8) is 0 Å². The molecule has 0 radical (unpaired) electrons. The maximum absolute atomic E-state index is 12.0. The Balaban J connectivity index is 3.37. The number of nitrogens with two attached hydrogens (primary N) is 1. The summed E-state index contributed by atoms with van der Waals surface area (Å²) in [5, 5.41) is 10.9. The summed E-state index contributed by atoms with van der Waals surface area (Å²) < 4.78 is 4.88. The van der Waals surface area contributed by atoms with Crippen molar-refractivity contribution in [1.29, 1.82) is 0 Å². The highest BCUT2D eigenvalue weighted by Crippen LogP contribution is 2.22. The first-order valence-corrected chi connectivity index (χ1v) is 7.30. The first kappa shape index (κ1) is 19.2. The predicted octanol–water partition coefficient (Wildman–Crippen LogP) is 1.49. The maximum atomic E-state index is 12.0. The van der Waals surface area contributed by atoms with Gasteiger partial charge in [0, 0.05) is 12.3 Å². The molecule has 0 aromatic carbocycles. The Morgan fingerprint density at radius 2 is 2.17 bits per heavy atom. The quantitative estimate of drug-likeness (QED) is 0.346. The van der Waals surface area contributed by atoms with E-state index in [1.54, 1.807) is 27.7 Å². The summed E-state index contributed by atoms with van der Waals surface area (Å²) >= 11 is 0. The SMILES string of the molecule is CCOC(=O)c1cc([N+](=O)[O-])cnc1C=NC(C)(C(N)=O)C(C)C. The van der Waals surface area contributed by atoms with Crippen LogP contribution in [-0.2, 0) is 9.53 Å². The summed E-state index contributed by atoms with van der Waals surface area (Å²) in [5.41, 5.74) is 3.80. The second kappa shape index (κ2) is 7.62. The highest BCUT2D eigenvalue weighted by atomic mass is 16.6. The molecule has 0 aliphatic rings. The number of nitro groups is 1. The molecule has 1 amide bonds. The van der Waals surface area contributed by atoms with E-state index in [1.807, 2.05) is 0 Å². The number of hydrogen-bond donors (Lipinski definition) is 1. The Hall–Kier alpha value is -2.84. The van der Waals surface area contributed by atoms with Crippen LogP contribution in [0, 0.1) is 16.0 Å². The van der Waals surface area contributed by atoms with Crippen molar-refractivity contribution < 1.29 is 19.2 Å². The van der Waals surface area contributed by atoms with Gasteiger partial charge in [0.05, 0.1) is 22.8 Å². The van der Waals surface area contributed by atoms with Gasteiger partial charge in [0.2, 0.25) is 5.91 Å². The third-order valence-electron chi connectivity index (χ3n) is 3.69. The second-order valence-electron chi connectivity index (χ2n) is 5.53. The fourth-order valence-electron chi connectivity index (χ4n) is 1.73. The maximum Gasteiger partial charge on any atom is 0.340 e. The number of esters is 1. The van der Waals surface area contributed by atoms with Crippen LogP contribution in [0.25, 0.3) is 0 Å². The summed E-state index contributed by atoms with van der Waals surface area (Å²) in [6.07, 6.45) is 2.21. The van der Waals surface area contributed by atoms with Crippen LogP contribution in [-0.4, -0.2) is 40.1 Å². The molecular weight excluding hydrogens is 316 g/mol. The third kappa shape index (κ3) is 4.12. The lowest BCUT2D eigenvalue weighted by atomic mass is 9.88. The summed E-state index contributed by atoms with van der Waals surface area (Å²) in [6.45, 7) is 6.82. The van der Waals surface area contributed by atoms with Crippen LogP contribution >= 0.6 is 0 Å². The van der Waals surface area contributed by atoms with E-state index < -0.39 is 22.3 Å². The van der Waals surface area contributed by atoms with Gasteiger partial charge in [-0.2, -0.15) is 0 Å². The fourth-order valence-corrected chi connectivity index (χ4v) is 1.73. The summed E-state index contributed by atoms with van der Waals surface area (Å²) in [6, 6.07) is 1.06. The van der Waals surface area contributed by atoms with Gasteiger partial charge in [-0.1, -0.05) is 13.8 Å². The molecular formula is C15H20N4O5. The third-order valence-corrected chi connectivity index (χ3v) is 3.69. The molecule has 1 atom stereocenters. The van der Waals surface area contributed by atoms with Crippen LogP contribution in [0.5, 0.6) is 0 Å². The standard InChI is InChI=1S/C15H20N4O5/c1-5-24-13(20)11-6-10(19(22)23)7-17-12(11)8-18-15(4,9(2)3)14(16)21/h6-9H,5H2,1-4H3,(H2,16,21). The first-order valence-electron chi connectivity index (χ1n) is 7.30. The van der Waals surface area contributed by atoms with Gasteiger partial charge in [0.25, 0.3) is 5.69 Å². The summed E-state index contributed by atoms with van der Waals surface area (Å²) in [4.78, 5) is 41.9. The number of amides is 1. The van der Waals surface area contributed by atoms with E-state index in [0.717, 1.165) is 12.3 Å². The van der Waals surface area contributed by atoms with Gasteiger partial charge in [-0.15, -0.1) is 0 Å². The number of rotatable bonds is 7. The van der Waals surface area contributed by atoms with E-state index in [2.05, 4.69) is 9.98 Å². The number of hydrogen-bond acceptors (Lipinski definition) is 7. The van der Waals surface area contributed by atoms with Crippen molar-refractivity contribution in [2.75, 3.05) is 6.61 Å². The van der Waals surface area contributed by atoms with Gasteiger partial charge in [0.15, 0.2) is 0 Å². The van der Waals surface area contributed by atoms with E-state index in [9.17, 15) is 19.7 Å².